The van der Waals surface area contributed by atoms with Crippen molar-refractivity contribution in [3.8, 4) is 17.2 Å². The fraction of sp³-hybridized carbons (Fsp3) is 0.172. The lowest BCUT2D eigenvalue weighted by molar-refractivity contribution is 0.350. The Morgan fingerprint density at radius 3 is 1.31 bits per heavy atom. The monoisotopic (exact) mass is 616 g/mol. The normalized spacial score (nSPS) is 12.0. The molecule has 0 amide bonds. The molecule has 0 heterocycles. The summed E-state index contributed by atoms with van der Waals surface area (Å²) >= 11 is 0. The van der Waals surface area contributed by atoms with Crippen LogP contribution in [0, 0.1) is 53.5 Å². The third-order valence-electron chi connectivity index (χ3n) is 6.77. The molecule has 0 aliphatic carbocycles. The Labute approximate surface area is 235 Å². The van der Waals surface area contributed by atoms with E-state index in [0.717, 1.165) is 5.56 Å². The van der Waals surface area contributed by atoms with Crippen LogP contribution in [0.2, 0.25) is 0 Å². The summed E-state index contributed by atoms with van der Waals surface area (Å²) in [6.45, 7) is 4.32. The molecule has 4 rings (SSSR count). The minimum Gasteiger partial charge on any atom is -0.497 e. The molecule has 0 unspecified atom stereocenters. The van der Waals surface area contributed by atoms with Gasteiger partial charge in [-0.1, -0.05) is 38.1 Å². The van der Waals surface area contributed by atoms with E-state index in [9.17, 15) is 43.5 Å². The van der Waals surface area contributed by atoms with Gasteiger partial charge in [-0.2, -0.15) is 8.78 Å². The number of ether oxygens (including phenoxy) is 2. The molecule has 42 heavy (non-hydrogen) atoms. The highest BCUT2D eigenvalue weighted by molar-refractivity contribution is 7.91. The summed E-state index contributed by atoms with van der Waals surface area (Å²) in [5.74, 6) is -20.9. The molecule has 0 atom stereocenters. The van der Waals surface area contributed by atoms with Crippen LogP contribution in [0.1, 0.15) is 30.5 Å². The average molecular weight is 617 g/mol. The average Bonchev–Trinajstić information content (AvgIpc) is 2.96. The van der Waals surface area contributed by atoms with Crippen LogP contribution >= 0.6 is 0 Å². The van der Waals surface area contributed by atoms with Crippen molar-refractivity contribution < 1.29 is 53.0 Å². The second-order valence-electron chi connectivity index (χ2n) is 9.61. The van der Waals surface area contributed by atoms with Crippen LogP contribution in [0.15, 0.2) is 58.3 Å². The fourth-order valence-electron chi connectivity index (χ4n) is 4.21. The van der Waals surface area contributed by atoms with Crippen molar-refractivity contribution >= 4 is 9.84 Å². The zero-order chi connectivity index (χ0) is 31.3. The van der Waals surface area contributed by atoms with Gasteiger partial charge in [-0.05, 0) is 42.3 Å². The smallest absolute Gasteiger partial charge is 0.218 e. The Bertz CT molecular complexity index is 1750. The largest absolute Gasteiger partial charge is 0.497 e. The van der Waals surface area contributed by atoms with Gasteiger partial charge in [0, 0.05) is 11.0 Å². The molecule has 0 N–H and O–H groups in total. The van der Waals surface area contributed by atoms with Gasteiger partial charge >= 0.3 is 0 Å². The quantitative estimate of drug-likeness (QED) is 0.156. The third-order valence-corrected chi connectivity index (χ3v) is 8.56. The van der Waals surface area contributed by atoms with E-state index in [0.29, 0.717) is 18.2 Å². The number of hydrogen-bond acceptors (Lipinski definition) is 4. The Morgan fingerprint density at radius 2 is 0.929 bits per heavy atom. The predicted molar refractivity (Wildman–Crippen MR) is 134 cm³/mol. The number of methoxy groups -OCH3 is 1. The highest BCUT2D eigenvalue weighted by Gasteiger charge is 2.40. The van der Waals surface area contributed by atoms with Crippen molar-refractivity contribution in [2.24, 2.45) is 0 Å². The summed E-state index contributed by atoms with van der Waals surface area (Å²) in [5.41, 5.74) is -0.295. The van der Waals surface area contributed by atoms with E-state index < -0.39 is 82.9 Å². The molecule has 0 saturated carbocycles. The Balaban J connectivity index is 1.74. The molecule has 4 aromatic rings. The highest BCUT2D eigenvalue weighted by Crippen LogP contribution is 2.40. The van der Waals surface area contributed by atoms with E-state index in [-0.39, 0.29) is 5.75 Å². The molecule has 222 valence electrons. The lowest BCUT2D eigenvalue weighted by atomic mass is 9.78. The molecule has 0 aromatic heterocycles. The van der Waals surface area contributed by atoms with Crippen molar-refractivity contribution in [2.45, 2.75) is 36.0 Å². The van der Waals surface area contributed by atoms with Gasteiger partial charge in [0.05, 0.1) is 7.11 Å². The van der Waals surface area contributed by atoms with Crippen molar-refractivity contribution in [1.29, 1.82) is 0 Å². The second-order valence-corrected chi connectivity index (χ2v) is 11.4. The van der Waals surface area contributed by atoms with Crippen LogP contribution in [0.5, 0.6) is 17.2 Å². The van der Waals surface area contributed by atoms with Gasteiger partial charge in [-0.15, -0.1) is 0 Å². The molecule has 0 bridgehead atoms. The van der Waals surface area contributed by atoms with E-state index >= 15 is 0 Å². The SMILES string of the molecule is COc1ccc(C(C)(C)c2ccc(Oc3c(F)c(F)c(S(=O)(=O)c4c(F)c(F)c(C)c(F)c4F)c(F)c3F)cc2)cc1. The Hall–Kier alpha value is -4.13. The van der Waals surface area contributed by atoms with E-state index in [2.05, 4.69) is 0 Å². The fourth-order valence-corrected chi connectivity index (χ4v) is 5.71. The molecule has 0 fully saturated rings. The minimum atomic E-state index is -6.23. The van der Waals surface area contributed by atoms with Crippen molar-refractivity contribution in [2.75, 3.05) is 7.11 Å². The van der Waals surface area contributed by atoms with Gasteiger partial charge in [-0.25, -0.2) is 34.8 Å². The zero-order valence-electron chi connectivity index (χ0n) is 22.2. The number of hydrogen-bond donors (Lipinski definition) is 0. The maximum Gasteiger partial charge on any atom is 0.218 e. The standard InChI is InChI=1S/C29H20F8O4S/c1-13-18(30)22(34)27(23(35)19(13)31)42(38,39)28-24(36)20(32)26(21(33)25(28)37)41-17-11-7-15(8-12-17)29(2,3)14-5-9-16(40-4)10-6-14/h5-12H,1-4H3. The van der Waals surface area contributed by atoms with Crippen molar-refractivity contribution in [1.82, 2.24) is 0 Å². The molecule has 0 saturated heterocycles. The van der Waals surface area contributed by atoms with Crippen molar-refractivity contribution in [3.05, 3.63) is 112 Å². The second kappa shape index (κ2) is 10.9. The lowest BCUT2D eigenvalue weighted by Crippen LogP contribution is -2.18. The van der Waals surface area contributed by atoms with Crippen LogP contribution in [-0.4, -0.2) is 15.5 Å². The van der Waals surface area contributed by atoms with E-state index in [1.54, 1.807) is 12.1 Å². The van der Waals surface area contributed by atoms with Crippen LogP contribution in [0.3, 0.4) is 0 Å². The van der Waals surface area contributed by atoms with Gasteiger partial charge in [0.15, 0.2) is 34.9 Å². The minimum absolute atomic E-state index is 0.323. The lowest BCUT2D eigenvalue weighted by Gasteiger charge is -2.26. The number of halogens is 8. The first-order chi connectivity index (χ1) is 19.5. The highest BCUT2D eigenvalue weighted by atomic mass is 32.2. The molecular formula is C29H20F8O4S. The van der Waals surface area contributed by atoms with Crippen LogP contribution in [0.4, 0.5) is 35.1 Å². The molecule has 0 aliphatic heterocycles. The summed E-state index contributed by atoms with van der Waals surface area (Å²) in [7, 11) is -4.72. The first kappa shape index (κ1) is 30.8. The Kier molecular flexibility index (Phi) is 8.02. The summed E-state index contributed by atoms with van der Waals surface area (Å²) in [5, 5.41) is 0. The summed E-state index contributed by atoms with van der Waals surface area (Å²) < 4.78 is 152. The molecule has 4 aromatic carbocycles. The first-order valence-corrected chi connectivity index (χ1v) is 13.4. The molecule has 13 heteroatoms. The zero-order valence-corrected chi connectivity index (χ0v) is 23.0. The van der Waals surface area contributed by atoms with Gasteiger partial charge in [0.2, 0.25) is 27.2 Å². The van der Waals surface area contributed by atoms with E-state index in [1.165, 1.54) is 31.4 Å². The molecule has 4 nitrogen and oxygen atoms in total. The van der Waals surface area contributed by atoms with E-state index in [1.807, 2.05) is 26.0 Å². The Morgan fingerprint density at radius 1 is 0.571 bits per heavy atom. The number of benzene rings is 4. The van der Waals surface area contributed by atoms with Gasteiger partial charge in [-0.3, -0.25) is 0 Å². The van der Waals surface area contributed by atoms with E-state index in [4.69, 9.17) is 9.47 Å². The topological polar surface area (TPSA) is 52.6 Å². The number of sulfone groups is 1. The summed E-state index contributed by atoms with van der Waals surface area (Å²) in [6.07, 6.45) is 0. The summed E-state index contributed by atoms with van der Waals surface area (Å²) in [6, 6.07) is 12.6. The predicted octanol–water partition coefficient (Wildman–Crippen LogP) is 8.07. The third kappa shape index (κ3) is 4.95. The summed E-state index contributed by atoms with van der Waals surface area (Å²) in [4.78, 5) is -4.98. The van der Waals surface area contributed by atoms with Gasteiger partial charge in [0.1, 0.15) is 21.3 Å². The maximum absolute atomic E-state index is 14.9. The molecular weight excluding hydrogens is 596 g/mol. The van der Waals surface area contributed by atoms with Gasteiger partial charge in [0.25, 0.3) is 0 Å². The van der Waals surface area contributed by atoms with Crippen LogP contribution in [-0.2, 0) is 15.3 Å². The molecule has 0 spiro atoms. The molecule has 0 radical (unpaired) electrons. The van der Waals surface area contributed by atoms with Gasteiger partial charge < -0.3 is 9.47 Å². The number of rotatable bonds is 7. The molecule has 0 aliphatic rings. The maximum atomic E-state index is 14.9. The first-order valence-electron chi connectivity index (χ1n) is 11.9. The van der Waals surface area contributed by atoms with Crippen molar-refractivity contribution in [3.63, 3.8) is 0 Å². The van der Waals surface area contributed by atoms with Crippen LogP contribution < -0.4 is 9.47 Å². The van der Waals surface area contributed by atoms with Crippen LogP contribution in [0.25, 0.3) is 0 Å².